The van der Waals surface area contributed by atoms with Crippen LogP contribution >= 0.6 is 0 Å². The van der Waals surface area contributed by atoms with Gasteiger partial charge in [-0.2, -0.15) is 8.42 Å². The van der Waals surface area contributed by atoms with E-state index in [1.807, 2.05) is 0 Å². The topological polar surface area (TPSA) is 166 Å². The van der Waals surface area contributed by atoms with Crippen LogP contribution in [0.2, 0.25) is 0 Å². The first-order valence-electron chi connectivity index (χ1n) is 7.05. The Labute approximate surface area is 142 Å². The minimum absolute atomic E-state index is 0.651. The highest BCUT2D eigenvalue weighted by Gasteiger charge is 2.48. The molecule has 0 spiro atoms. The third-order valence-corrected chi connectivity index (χ3v) is 4.99. The maximum absolute atomic E-state index is 12.4. The van der Waals surface area contributed by atoms with E-state index in [2.05, 4.69) is 0 Å². The molecule has 0 unspecified atom stereocenters. The molecule has 1 fully saturated rings. The summed E-state index contributed by atoms with van der Waals surface area (Å²) in [6.07, 6.45) is -7.79. The molecule has 1 aromatic carbocycles. The molecule has 1 saturated heterocycles. The van der Waals surface area contributed by atoms with Gasteiger partial charge in [-0.25, -0.2) is 0 Å². The molecule has 3 N–H and O–H groups in total. The normalized spacial score (nSPS) is 30.2. The largest absolute Gasteiger partial charge is 0.394 e. The van der Waals surface area contributed by atoms with E-state index in [1.54, 1.807) is 0 Å². The SMILES string of the molecule is CO[C@H]1O[C@H](CO)[C@@H](O)[C@H](O)[C@H]1OS(=O)(=O)c1ccccc1[N+](=O)[O-]. The van der Waals surface area contributed by atoms with Crippen LogP contribution in [0.3, 0.4) is 0 Å². The smallest absolute Gasteiger partial charge is 0.304 e. The van der Waals surface area contributed by atoms with Gasteiger partial charge in [0, 0.05) is 13.2 Å². The van der Waals surface area contributed by atoms with E-state index in [0.29, 0.717) is 0 Å². The molecule has 11 nitrogen and oxygen atoms in total. The summed E-state index contributed by atoms with van der Waals surface area (Å²) in [6.45, 7) is -0.651. The number of aliphatic hydroxyl groups excluding tert-OH is 3. The summed E-state index contributed by atoms with van der Waals surface area (Å²) in [5.41, 5.74) is -0.712. The summed E-state index contributed by atoms with van der Waals surface area (Å²) in [6, 6.07) is 4.50. The zero-order chi connectivity index (χ0) is 18.8. The lowest BCUT2D eigenvalue weighted by atomic mass is 9.99. The van der Waals surface area contributed by atoms with Gasteiger partial charge in [-0.1, -0.05) is 12.1 Å². The van der Waals surface area contributed by atoms with Gasteiger partial charge in [-0.3, -0.25) is 14.3 Å². The molecule has 140 valence electrons. The summed E-state index contributed by atoms with van der Waals surface area (Å²) >= 11 is 0. The lowest BCUT2D eigenvalue weighted by molar-refractivity contribution is -0.388. The Bertz CT molecular complexity index is 721. The van der Waals surface area contributed by atoms with Gasteiger partial charge in [0.25, 0.3) is 5.69 Å². The zero-order valence-corrected chi connectivity index (χ0v) is 13.8. The fraction of sp³-hybridized carbons (Fsp3) is 0.538. The Morgan fingerprint density at radius 1 is 1.28 bits per heavy atom. The van der Waals surface area contributed by atoms with Gasteiger partial charge in [-0.05, 0) is 6.07 Å². The molecule has 12 heteroatoms. The summed E-state index contributed by atoms with van der Waals surface area (Å²) in [7, 11) is -3.56. The average Bonchev–Trinajstić information content (AvgIpc) is 2.59. The molecule has 0 radical (unpaired) electrons. The van der Waals surface area contributed by atoms with Gasteiger partial charge < -0.3 is 24.8 Å². The molecule has 5 atom stereocenters. The van der Waals surface area contributed by atoms with Gasteiger partial charge in [0.2, 0.25) is 0 Å². The minimum atomic E-state index is -4.69. The molecule has 1 heterocycles. The Morgan fingerprint density at radius 2 is 1.92 bits per heavy atom. The van der Waals surface area contributed by atoms with Crippen molar-refractivity contribution in [2.45, 2.75) is 35.6 Å². The van der Waals surface area contributed by atoms with Crippen molar-refractivity contribution in [1.29, 1.82) is 0 Å². The molecule has 1 aliphatic rings. The van der Waals surface area contributed by atoms with Gasteiger partial charge >= 0.3 is 10.1 Å². The molecule has 0 aliphatic carbocycles. The van der Waals surface area contributed by atoms with Gasteiger partial charge in [0.15, 0.2) is 17.3 Å². The number of hydrogen-bond acceptors (Lipinski definition) is 10. The number of nitro groups is 1. The van der Waals surface area contributed by atoms with Crippen molar-refractivity contribution in [3.8, 4) is 0 Å². The number of aliphatic hydroxyl groups is 3. The van der Waals surface area contributed by atoms with E-state index >= 15 is 0 Å². The number of nitrogens with zero attached hydrogens (tertiary/aromatic N) is 1. The van der Waals surface area contributed by atoms with Crippen LogP contribution in [0.4, 0.5) is 5.69 Å². The second-order valence-electron chi connectivity index (χ2n) is 5.18. The number of methoxy groups -OCH3 is 1. The van der Waals surface area contributed by atoms with Crippen molar-refractivity contribution < 1.29 is 42.3 Å². The van der Waals surface area contributed by atoms with E-state index in [-0.39, 0.29) is 0 Å². The Kier molecular flexibility index (Phi) is 6.05. The Hall–Kier alpha value is -1.67. The van der Waals surface area contributed by atoms with Gasteiger partial charge in [0.05, 0.1) is 11.5 Å². The molecule has 0 aromatic heterocycles. The molecule has 0 saturated carbocycles. The van der Waals surface area contributed by atoms with Crippen LogP contribution in [0.1, 0.15) is 0 Å². The molecule has 1 aromatic rings. The molecular formula is C13H17NO10S. The standard InChI is InChI=1S/C13H17NO10S/c1-22-13-12(11(17)10(16)8(6-15)23-13)24-25(20,21)9-5-3-2-4-7(9)14(18)19/h2-5,8,10-13,15-17H,6H2,1H3/t8-,10-,11+,12-,13+/m1/s1. The first kappa shape index (κ1) is 19.7. The van der Waals surface area contributed by atoms with Crippen molar-refractivity contribution in [1.82, 2.24) is 0 Å². The van der Waals surface area contributed by atoms with E-state index in [0.717, 1.165) is 19.2 Å². The second kappa shape index (κ2) is 7.70. The van der Waals surface area contributed by atoms with Crippen LogP contribution in [0.25, 0.3) is 0 Å². The van der Waals surface area contributed by atoms with E-state index in [1.165, 1.54) is 12.1 Å². The summed E-state index contributed by atoms with van der Waals surface area (Å²) in [5.74, 6) is 0. The van der Waals surface area contributed by atoms with Crippen molar-refractivity contribution in [3.05, 3.63) is 34.4 Å². The monoisotopic (exact) mass is 379 g/mol. The maximum Gasteiger partial charge on any atom is 0.304 e. The maximum atomic E-state index is 12.4. The molecule has 25 heavy (non-hydrogen) atoms. The number of ether oxygens (including phenoxy) is 2. The van der Waals surface area contributed by atoms with Gasteiger partial charge in [0.1, 0.15) is 18.3 Å². The van der Waals surface area contributed by atoms with Gasteiger partial charge in [-0.15, -0.1) is 0 Å². The third kappa shape index (κ3) is 3.95. The minimum Gasteiger partial charge on any atom is -0.394 e. The predicted molar refractivity (Wildman–Crippen MR) is 79.9 cm³/mol. The quantitative estimate of drug-likeness (QED) is 0.309. The van der Waals surface area contributed by atoms with Crippen molar-refractivity contribution in [3.63, 3.8) is 0 Å². The van der Waals surface area contributed by atoms with E-state index in [9.17, 15) is 28.7 Å². The van der Waals surface area contributed by atoms with Crippen molar-refractivity contribution in [2.75, 3.05) is 13.7 Å². The number of benzene rings is 1. The van der Waals surface area contributed by atoms with Crippen LogP contribution in [0.5, 0.6) is 0 Å². The van der Waals surface area contributed by atoms with E-state index < -0.39 is 62.9 Å². The molecule has 2 rings (SSSR count). The summed E-state index contributed by atoms with van der Waals surface area (Å²) in [4.78, 5) is 9.38. The third-order valence-electron chi connectivity index (χ3n) is 3.63. The predicted octanol–water partition coefficient (Wildman–Crippen LogP) is -1.25. The number of nitro benzene ring substituents is 1. The fourth-order valence-electron chi connectivity index (χ4n) is 2.37. The highest BCUT2D eigenvalue weighted by molar-refractivity contribution is 7.87. The average molecular weight is 379 g/mol. The lowest BCUT2D eigenvalue weighted by Gasteiger charge is -2.40. The van der Waals surface area contributed by atoms with E-state index in [4.69, 9.17) is 18.8 Å². The summed E-state index contributed by atoms with van der Waals surface area (Å²) < 4.78 is 39.7. The van der Waals surface area contributed by atoms with Crippen LogP contribution in [0, 0.1) is 10.1 Å². The number of hydrogen-bond donors (Lipinski definition) is 3. The number of para-hydroxylation sites is 1. The highest BCUT2D eigenvalue weighted by Crippen LogP contribution is 2.30. The second-order valence-corrected chi connectivity index (χ2v) is 6.72. The highest BCUT2D eigenvalue weighted by atomic mass is 32.2. The van der Waals surface area contributed by atoms with Crippen molar-refractivity contribution >= 4 is 15.8 Å². The van der Waals surface area contributed by atoms with Crippen LogP contribution in [0.15, 0.2) is 29.2 Å². The number of rotatable bonds is 6. The molecule has 0 amide bonds. The first-order chi connectivity index (χ1) is 11.7. The molecule has 0 bridgehead atoms. The summed E-state index contributed by atoms with van der Waals surface area (Å²) in [5, 5.41) is 40.0. The Morgan fingerprint density at radius 3 is 2.48 bits per heavy atom. The molecule has 1 aliphatic heterocycles. The van der Waals surface area contributed by atoms with Crippen LogP contribution in [-0.4, -0.2) is 73.1 Å². The molecular weight excluding hydrogens is 362 g/mol. The van der Waals surface area contributed by atoms with Crippen LogP contribution < -0.4 is 0 Å². The van der Waals surface area contributed by atoms with Crippen LogP contribution in [-0.2, 0) is 23.8 Å². The fourth-order valence-corrected chi connectivity index (χ4v) is 3.61. The lowest BCUT2D eigenvalue weighted by Crippen LogP contribution is -2.60. The zero-order valence-electron chi connectivity index (χ0n) is 13.0. The van der Waals surface area contributed by atoms with Crippen molar-refractivity contribution in [2.24, 2.45) is 0 Å². The first-order valence-corrected chi connectivity index (χ1v) is 8.45. The Balaban J connectivity index is 2.35.